The van der Waals surface area contributed by atoms with Crippen molar-refractivity contribution in [1.29, 1.82) is 0 Å². The Morgan fingerprint density at radius 3 is 2.65 bits per heavy atom. The number of hydrogen-bond donors (Lipinski definition) is 1. The number of carbonyl (C=O) groups is 1. The Morgan fingerprint density at radius 2 is 1.94 bits per heavy atom. The molecule has 1 atom stereocenters. The topological polar surface area (TPSA) is 66.5 Å². The van der Waals surface area contributed by atoms with Gasteiger partial charge in [-0.05, 0) is 25.8 Å². The van der Waals surface area contributed by atoms with Gasteiger partial charge in [0, 0.05) is 13.1 Å². The molecule has 98 valence electrons. The van der Waals surface area contributed by atoms with Gasteiger partial charge in [-0.1, -0.05) is 6.42 Å². The van der Waals surface area contributed by atoms with Crippen LogP contribution in [-0.4, -0.2) is 56.4 Å². The summed E-state index contributed by atoms with van der Waals surface area (Å²) >= 11 is 0. The number of nitrogens with zero attached hydrogens (tertiary/aromatic N) is 1. The minimum atomic E-state index is -2.93. The van der Waals surface area contributed by atoms with Gasteiger partial charge in [-0.25, -0.2) is 8.42 Å². The minimum absolute atomic E-state index is 0.0850. The molecule has 0 aromatic heterocycles. The van der Waals surface area contributed by atoms with Gasteiger partial charge in [0.05, 0.1) is 17.5 Å². The predicted octanol–water partition coefficient (Wildman–Crippen LogP) is -0.224. The van der Waals surface area contributed by atoms with Crippen LogP contribution in [0.1, 0.15) is 25.7 Å². The Hall–Kier alpha value is -0.620. The molecule has 0 saturated carbocycles. The van der Waals surface area contributed by atoms with Crippen LogP contribution >= 0.6 is 0 Å². The zero-order chi connectivity index (χ0) is 12.3. The molecule has 2 rings (SSSR count). The van der Waals surface area contributed by atoms with E-state index in [1.165, 1.54) is 0 Å². The van der Waals surface area contributed by atoms with E-state index in [0.29, 0.717) is 19.5 Å². The fourth-order valence-corrected chi connectivity index (χ4v) is 3.71. The maximum Gasteiger partial charge on any atom is 0.239 e. The van der Waals surface area contributed by atoms with Crippen LogP contribution in [0.3, 0.4) is 0 Å². The highest BCUT2D eigenvalue weighted by Crippen LogP contribution is 2.12. The highest BCUT2D eigenvalue weighted by atomic mass is 32.2. The van der Waals surface area contributed by atoms with Crippen molar-refractivity contribution in [3.63, 3.8) is 0 Å². The molecule has 1 N–H and O–H groups in total. The molecule has 0 aromatic carbocycles. The third kappa shape index (κ3) is 3.42. The van der Waals surface area contributed by atoms with E-state index in [-0.39, 0.29) is 23.5 Å². The quantitative estimate of drug-likeness (QED) is 0.707. The zero-order valence-corrected chi connectivity index (χ0v) is 10.8. The highest BCUT2D eigenvalue weighted by molar-refractivity contribution is 7.91. The number of hydrogen-bond acceptors (Lipinski definition) is 4. The summed E-state index contributed by atoms with van der Waals surface area (Å²) in [6.45, 7) is 1.83. The van der Waals surface area contributed by atoms with E-state index in [1.54, 1.807) is 4.90 Å². The first kappa shape index (κ1) is 12.8. The third-order valence-corrected chi connectivity index (χ3v) is 5.19. The van der Waals surface area contributed by atoms with E-state index in [4.69, 9.17) is 0 Å². The molecule has 0 unspecified atom stereocenters. The molecule has 0 aliphatic carbocycles. The molecule has 2 heterocycles. The van der Waals surface area contributed by atoms with E-state index in [1.807, 2.05) is 0 Å². The minimum Gasteiger partial charge on any atom is -0.340 e. The summed E-state index contributed by atoms with van der Waals surface area (Å²) in [5, 5.41) is 3.22. The van der Waals surface area contributed by atoms with E-state index in [2.05, 4.69) is 5.32 Å². The second-order valence-corrected chi connectivity index (χ2v) is 7.14. The van der Waals surface area contributed by atoms with Gasteiger partial charge in [0.1, 0.15) is 0 Å². The van der Waals surface area contributed by atoms with Crippen molar-refractivity contribution in [3.8, 4) is 0 Å². The smallest absolute Gasteiger partial charge is 0.239 e. The first-order valence-electron chi connectivity index (χ1n) is 6.31. The van der Waals surface area contributed by atoms with Gasteiger partial charge in [-0.3, -0.25) is 4.79 Å². The summed E-state index contributed by atoms with van der Waals surface area (Å²) in [6.07, 6.45) is 3.65. The van der Waals surface area contributed by atoms with Crippen molar-refractivity contribution in [2.24, 2.45) is 0 Å². The van der Waals surface area contributed by atoms with Crippen molar-refractivity contribution >= 4 is 15.7 Å². The lowest BCUT2D eigenvalue weighted by Crippen LogP contribution is -2.49. The molecule has 0 bridgehead atoms. The first-order valence-corrected chi connectivity index (χ1v) is 8.13. The molecule has 2 aliphatic heterocycles. The van der Waals surface area contributed by atoms with Gasteiger partial charge >= 0.3 is 0 Å². The average Bonchev–Trinajstić information content (AvgIpc) is 2.50. The summed E-state index contributed by atoms with van der Waals surface area (Å²) < 4.78 is 22.9. The second-order valence-electron chi connectivity index (χ2n) is 4.83. The fraction of sp³-hybridized carbons (Fsp3) is 0.909. The summed E-state index contributed by atoms with van der Waals surface area (Å²) in [5.41, 5.74) is 0. The number of piperidine rings is 1. The molecule has 0 aromatic rings. The fourth-order valence-electron chi connectivity index (χ4n) is 2.44. The van der Waals surface area contributed by atoms with Crippen LogP contribution in [0.4, 0.5) is 0 Å². The Morgan fingerprint density at radius 1 is 1.12 bits per heavy atom. The molecule has 17 heavy (non-hydrogen) atoms. The van der Waals surface area contributed by atoms with Crippen LogP contribution in [0, 0.1) is 0 Å². The van der Waals surface area contributed by atoms with E-state index >= 15 is 0 Å². The molecule has 0 spiro atoms. The van der Waals surface area contributed by atoms with E-state index in [9.17, 15) is 13.2 Å². The van der Waals surface area contributed by atoms with Crippen molar-refractivity contribution in [3.05, 3.63) is 0 Å². The van der Waals surface area contributed by atoms with Crippen molar-refractivity contribution in [1.82, 2.24) is 10.2 Å². The average molecular weight is 260 g/mol. The lowest BCUT2D eigenvalue weighted by atomic mass is 10.0. The molecule has 5 nitrogen and oxygen atoms in total. The third-order valence-electron chi connectivity index (χ3n) is 3.48. The number of nitrogens with one attached hydrogen (secondary N) is 1. The van der Waals surface area contributed by atoms with Gasteiger partial charge < -0.3 is 10.2 Å². The molecule has 6 heteroatoms. The summed E-state index contributed by atoms with van der Waals surface area (Å²) in [7, 11) is -2.93. The zero-order valence-electron chi connectivity index (χ0n) is 10.0. The number of sulfone groups is 1. The summed E-state index contributed by atoms with van der Waals surface area (Å²) in [4.78, 5) is 13.9. The number of carbonyl (C=O) groups excluding carboxylic acids is 1. The van der Waals surface area contributed by atoms with E-state index < -0.39 is 9.84 Å². The lowest BCUT2D eigenvalue weighted by Gasteiger charge is -2.28. The monoisotopic (exact) mass is 260 g/mol. The van der Waals surface area contributed by atoms with Crippen LogP contribution in [0.15, 0.2) is 0 Å². The largest absolute Gasteiger partial charge is 0.340 e. The molecule has 0 radical (unpaired) electrons. The maximum absolute atomic E-state index is 12.2. The van der Waals surface area contributed by atoms with Gasteiger partial charge in [-0.15, -0.1) is 0 Å². The van der Waals surface area contributed by atoms with Crippen LogP contribution in [-0.2, 0) is 14.6 Å². The standard InChI is InChI=1S/C11H20N2O3S/c14-11(10-4-1-2-5-12-10)13-6-3-8-17(15,16)9-7-13/h10,12H,1-9H2/t10-/m0/s1. The molecule has 2 saturated heterocycles. The second kappa shape index (κ2) is 5.35. The first-order chi connectivity index (χ1) is 8.08. The number of amides is 1. The Kier molecular flexibility index (Phi) is 4.04. The Bertz CT molecular complexity index is 374. The lowest BCUT2D eigenvalue weighted by molar-refractivity contribution is -0.133. The van der Waals surface area contributed by atoms with Crippen LogP contribution in [0.5, 0.6) is 0 Å². The normalized spacial score (nSPS) is 29.6. The van der Waals surface area contributed by atoms with Crippen molar-refractivity contribution in [2.45, 2.75) is 31.7 Å². The van der Waals surface area contributed by atoms with Crippen LogP contribution < -0.4 is 5.32 Å². The number of rotatable bonds is 1. The predicted molar refractivity (Wildman–Crippen MR) is 65.5 cm³/mol. The highest BCUT2D eigenvalue weighted by Gasteiger charge is 2.28. The molecule has 1 amide bonds. The maximum atomic E-state index is 12.2. The summed E-state index contributed by atoms with van der Waals surface area (Å²) in [6, 6.07) is -0.0930. The van der Waals surface area contributed by atoms with Crippen LogP contribution in [0.25, 0.3) is 0 Å². The van der Waals surface area contributed by atoms with Gasteiger partial charge in [0.2, 0.25) is 5.91 Å². The van der Waals surface area contributed by atoms with E-state index in [0.717, 1.165) is 25.8 Å². The SMILES string of the molecule is O=C([C@@H]1CCCCN1)N1CCCS(=O)(=O)CC1. The van der Waals surface area contributed by atoms with Gasteiger partial charge in [0.15, 0.2) is 9.84 Å². The van der Waals surface area contributed by atoms with Gasteiger partial charge in [0.25, 0.3) is 0 Å². The Balaban J connectivity index is 1.95. The molecular weight excluding hydrogens is 240 g/mol. The molecular formula is C11H20N2O3S. The van der Waals surface area contributed by atoms with Crippen molar-refractivity contribution < 1.29 is 13.2 Å². The van der Waals surface area contributed by atoms with Crippen LogP contribution in [0.2, 0.25) is 0 Å². The Labute approximate surface area is 102 Å². The summed E-state index contributed by atoms with van der Waals surface area (Å²) in [5.74, 6) is 0.419. The molecule has 2 fully saturated rings. The van der Waals surface area contributed by atoms with Crippen molar-refractivity contribution in [2.75, 3.05) is 31.1 Å². The molecule has 2 aliphatic rings. The van der Waals surface area contributed by atoms with Gasteiger partial charge in [-0.2, -0.15) is 0 Å².